The number of nitriles is 1. The number of hydrogen-bond donors (Lipinski definition) is 3. The molecular formula is C22H22ClN7O. The zero-order valence-electron chi connectivity index (χ0n) is 16.8. The number of nitrogens with two attached hydrogens (primary N) is 1. The minimum Gasteiger partial charge on any atom is -0.383 e. The van der Waals surface area contributed by atoms with Crippen LogP contribution in [0.3, 0.4) is 0 Å². The predicted octanol–water partition coefficient (Wildman–Crippen LogP) is 3.00. The maximum absolute atomic E-state index is 12.7. The summed E-state index contributed by atoms with van der Waals surface area (Å²) < 4.78 is 0. The smallest absolute Gasteiger partial charge is 0.264 e. The second-order valence-electron chi connectivity index (χ2n) is 7.78. The van der Waals surface area contributed by atoms with Crippen LogP contribution in [-0.2, 0) is 4.79 Å². The van der Waals surface area contributed by atoms with Gasteiger partial charge in [0.25, 0.3) is 5.91 Å². The zero-order chi connectivity index (χ0) is 22.0. The molecule has 1 aromatic carbocycles. The summed E-state index contributed by atoms with van der Waals surface area (Å²) in [5.74, 6) is 0.777. The number of allylic oxidation sites excluding steroid dienone is 1. The Labute approximate surface area is 185 Å². The summed E-state index contributed by atoms with van der Waals surface area (Å²) in [6, 6.07) is 8.87. The number of rotatable bonds is 6. The summed E-state index contributed by atoms with van der Waals surface area (Å²) in [6.07, 6.45) is 5.92. The zero-order valence-corrected chi connectivity index (χ0v) is 17.6. The number of amides is 1. The molecule has 2 heterocycles. The van der Waals surface area contributed by atoms with E-state index in [-0.39, 0.29) is 29.1 Å². The van der Waals surface area contributed by atoms with Crippen LogP contribution in [0.4, 0.5) is 11.6 Å². The number of anilines is 2. The lowest BCUT2D eigenvalue weighted by Gasteiger charge is -2.19. The molecule has 31 heavy (non-hydrogen) atoms. The summed E-state index contributed by atoms with van der Waals surface area (Å²) in [6.45, 7) is 0.991. The molecule has 1 saturated heterocycles. The number of halogens is 1. The molecule has 1 aliphatic carbocycles. The SMILES string of the molecule is N#C/C(=C\C1CC1)C(=O)N1CC[C@@H](Nc2ncnc(N)c2C(=N)c2ccc(Cl)cc2)C1. The molecule has 0 spiro atoms. The molecule has 158 valence electrons. The predicted molar refractivity (Wildman–Crippen MR) is 119 cm³/mol. The molecule has 4 N–H and O–H groups in total. The van der Waals surface area contributed by atoms with Gasteiger partial charge >= 0.3 is 0 Å². The lowest BCUT2D eigenvalue weighted by Crippen LogP contribution is -2.33. The van der Waals surface area contributed by atoms with E-state index in [0.29, 0.717) is 47.4 Å². The molecule has 0 radical (unpaired) electrons. The number of nitrogens with zero attached hydrogens (tertiary/aromatic N) is 4. The van der Waals surface area contributed by atoms with Crippen molar-refractivity contribution in [1.82, 2.24) is 14.9 Å². The van der Waals surface area contributed by atoms with Crippen LogP contribution in [0.1, 0.15) is 30.4 Å². The number of aromatic nitrogens is 2. The van der Waals surface area contributed by atoms with E-state index < -0.39 is 0 Å². The molecule has 9 heteroatoms. The highest BCUT2D eigenvalue weighted by Crippen LogP contribution is 2.32. The average molecular weight is 436 g/mol. The van der Waals surface area contributed by atoms with Gasteiger partial charge < -0.3 is 16.0 Å². The van der Waals surface area contributed by atoms with Crippen molar-refractivity contribution in [2.75, 3.05) is 24.1 Å². The lowest BCUT2D eigenvalue weighted by atomic mass is 10.0. The first-order chi connectivity index (χ1) is 15.0. The number of carbonyl (C=O) groups excluding carboxylic acids is 1. The van der Waals surface area contributed by atoms with Crippen LogP contribution in [0.15, 0.2) is 42.2 Å². The van der Waals surface area contributed by atoms with E-state index in [0.717, 1.165) is 12.8 Å². The summed E-state index contributed by atoms with van der Waals surface area (Å²) in [4.78, 5) is 22.7. The summed E-state index contributed by atoms with van der Waals surface area (Å²) in [5, 5.41) is 21.8. The van der Waals surface area contributed by atoms with Gasteiger partial charge in [-0.25, -0.2) is 9.97 Å². The molecule has 4 rings (SSSR count). The molecule has 2 fully saturated rings. The quantitative estimate of drug-likeness (QED) is 0.363. The minimum absolute atomic E-state index is 0.0733. The largest absolute Gasteiger partial charge is 0.383 e. The Hall–Kier alpha value is -3.44. The van der Waals surface area contributed by atoms with E-state index in [9.17, 15) is 10.1 Å². The van der Waals surface area contributed by atoms with Gasteiger partial charge in [0.15, 0.2) is 0 Å². The van der Waals surface area contributed by atoms with Gasteiger partial charge in [0.2, 0.25) is 0 Å². The van der Waals surface area contributed by atoms with Crippen LogP contribution in [0.25, 0.3) is 0 Å². The highest BCUT2D eigenvalue weighted by molar-refractivity contribution is 6.30. The number of likely N-dealkylation sites (tertiary alicyclic amines) is 1. The van der Waals surface area contributed by atoms with Crippen LogP contribution in [-0.4, -0.2) is 45.6 Å². The third-order valence-corrected chi connectivity index (χ3v) is 5.70. The number of carbonyl (C=O) groups is 1. The fraction of sp³-hybridized carbons (Fsp3) is 0.318. The summed E-state index contributed by atoms with van der Waals surface area (Å²) in [5.41, 5.74) is 7.53. The second-order valence-corrected chi connectivity index (χ2v) is 8.21. The van der Waals surface area contributed by atoms with Gasteiger partial charge in [-0.1, -0.05) is 29.8 Å². The van der Waals surface area contributed by atoms with Crippen molar-refractivity contribution in [1.29, 1.82) is 10.7 Å². The monoisotopic (exact) mass is 435 g/mol. The van der Waals surface area contributed by atoms with E-state index in [1.165, 1.54) is 6.33 Å². The van der Waals surface area contributed by atoms with Crippen LogP contribution in [0.2, 0.25) is 5.02 Å². The standard InChI is InChI=1S/C22H22ClN7O/c23-16-5-3-14(4-6-16)19(25)18-20(26)27-12-28-21(18)29-17-7-8-30(11-17)22(31)15(10-24)9-13-1-2-13/h3-6,9,12-13,17,25H,1-2,7-8,11H2,(H3,26,27,28,29)/b15-9+,25-19?/t17-/m1/s1. The fourth-order valence-electron chi connectivity index (χ4n) is 3.60. The van der Waals surface area contributed by atoms with Crippen molar-refractivity contribution >= 4 is 34.9 Å². The molecule has 0 bridgehead atoms. The molecule has 8 nitrogen and oxygen atoms in total. The van der Waals surface area contributed by atoms with Crippen molar-refractivity contribution in [3.8, 4) is 6.07 Å². The van der Waals surface area contributed by atoms with Gasteiger partial charge in [0.05, 0.1) is 11.3 Å². The van der Waals surface area contributed by atoms with Crippen molar-refractivity contribution < 1.29 is 4.79 Å². The summed E-state index contributed by atoms with van der Waals surface area (Å²) in [7, 11) is 0. The molecule has 0 unspecified atom stereocenters. The number of hydrogen-bond acceptors (Lipinski definition) is 7. The number of benzene rings is 1. The minimum atomic E-state index is -0.227. The Morgan fingerprint density at radius 1 is 1.29 bits per heavy atom. The topological polar surface area (TPSA) is 132 Å². The van der Waals surface area contributed by atoms with Gasteiger partial charge in [0, 0.05) is 29.7 Å². The number of nitrogen functional groups attached to an aromatic ring is 1. The van der Waals surface area contributed by atoms with Crippen LogP contribution in [0, 0.1) is 22.7 Å². The molecule has 1 amide bonds. The third kappa shape index (κ3) is 4.67. The maximum atomic E-state index is 12.7. The maximum Gasteiger partial charge on any atom is 0.264 e. The Kier molecular flexibility index (Phi) is 5.87. The molecule has 1 atom stereocenters. The van der Waals surface area contributed by atoms with Crippen molar-refractivity contribution in [2.45, 2.75) is 25.3 Å². The Morgan fingerprint density at radius 3 is 2.71 bits per heavy atom. The first kappa shape index (κ1) is 20.8. The van der Waals surface area contributed by atoms with Crippen molar-refractivity contribution in [2.24, 2.45) is 5.92 Å². The molecular weight excluding hydrogens is 414 g/mol. The van der Waals surface area contributed by atoms with E-state index in [1.807, 2.05) is 6.07 Å². The first-order valence-electron chi connectivity index (χ1n) is 10.1. The Bertz CT molecular complexity index is 1090. The van der Waals surface area contributed by atoms with E-state index in [4.69, 9.17) is 22.7 Å². The molecule has 1 aromatic heterocycles. The Balaban J connectivity index is 1.50. The highest BCUT2D eigenvalue weighted by Gasteiger charge is 2.31. The lowest BCUT2D eigenvalue weighted by molar-refractivity contribution is -0.125. The molecule has 2 aromatic rings. The van der Waals surface area contributed by atoms with Crippen LogP contribution in [0.5, 0.6) is 0 Å². The van der Waals surface area contributed by atoms with Crippen molar-refractivity contribution in [3.05, 3.63) is 58.4 Å². The fourth-order valence-corrected chi connectivity index (χ4v) is 3.72. The third-order valence-electron chi connectivity index (χ3n) is 5.45. The van der Waals surface area contributed by atoms with Gasteiger partial charge in [-0.3, -0.25) is 10.2 Å². The molecule has 2 aliphatic rings. The van der Waals surface area contributed by atoms with Crippen LogP contribution < -0.4 is 11.1 Å². The summed E-state index contributed by atoms with van der Waals surface area (Å²) >= 11 is 5.95. The Morgan fingerprint density at radius 2 is 2.03 bits per heavy atom. The van der Waals surface area contributed by atoms with Gasteiger partial charge in [-0.05, 0) is 37.3 Å². The van der Waals surface area contributed by atoms with Gasteiger partial charge in [-0.2, -0.15) is 5.26 Å². The van der Waals surface area contributed by atoms with Crippen LogP contribution >= 0.6 is 11.6 Å². The average Bonchev–Trinajstić information content (AvgIpc) is 3.47. The van der Waals surface area contributed by atoms with E-state index >= 15 is 0 Å². The van der Waals surface area contributed by atoms with E-state index in [1.54, 1.807) is 35.2 Å². The van der Waals surface area contributed by atoms with Crippen molar-refractivity contribution in [3.63, 3.8) is 0 Å². The molecule has 1 aliphatic heterocycles. The first-order valence-corrected chi connectivity index (χ1v) is 10.5. The second kappa shape index (κ2) is 8.74. The van der Waals surface area contributed by atoms with E-state index in [2.05, 4.69) is 15.3 Å². The normalized spacial score (nSPS) is 18.5. The number of nitrogens with one attached hydrogen (secondary N) is 2. The van der Waals surface area contributed by atoms with Gasteiger partial charge in [0.1, 0.15) is 29.6 Å². The molecule has 1 saturated carbocycles. The highest BCUT2D eigenvalue weighted by atomic mass is 35.5. The van der Waals surface area contributed by atoms with Gasteiger partial charge in [-0.15, -0.1) is 0 Å².